The summed E-state index contributed by atoms with van der Waals surface area (Å²) in [7, 11) is 0. The van der Waals surface area contributed by atoms with Gasteiger partial charge in [-0.2, -0.15) is 0 Å². The van der Waals surface area contributed by atoms with Crippen molar-refractivity contribution in [3.05, 3.63) is 104 Å². The molecule has 0 fully saturated rings. The molecule has 0 aliphatic heterocycles. The van der Waals surface area contributed by atoms with Gasteiger partial charge in [-0.25, -0.2) is 9.37 Å². The van der Waals surface area contributed by atoms with Crippen LogP contribution < -0.4 is 10.9 Å². The normalized spacial score (nSPS) is 10.8. The predicted molar refractivity (Wildman–Crippen MR) is 113 cm³/mol. The topological polar surface area (TPSA) is 107 Å². The molecule has 0 aliphatic rings. The molecule has 4 rings (SSSR count). The van der Waals surface area contributed by atoms with E-state index in [0.29, 0.717) is 22.4 Å². The van der Waals surface area contributed by atoms with E-state index in [9.17, 15) is 24.1 Å². The Kier molecular flexibility index (Phi) is 5.00. The Morgan fingerprint density at radius 3 is 2.65 bits per heavy atom. The molecule has 8 nitrogen and oxygen atoms in total. The summed E-state index contributed by atoms with van der Waals surface area (Å²) in [6.07, 6.45) is 0. The molecule has 0 unspecified atom stereocenters. The van der Waals surface area contributed by atoms with E-state index in [2.05, 4.69) is 10.3 Å². The van der Waals surface area contributed by atoms with E-state index in [0.717, 1.165) is 12.1 Å². The van der Waals surface area contributed by atoms with Gasteiger partial charge in [0.05, 0.1) is 27.2 Å². The predicted octanol–water partition coefficient (Wildman–Crippen LogP) is 3.99. The smallest absolute Gasteiger partial charge is 0.270 e. The summed E-state index contributed by atoms with van der Waals surface area (Å²) < 4.78 is 15.7. The van der Waals surface area contributed by atoms with Crippen molar-refractivity contribution in [1.29, 1.82) is 0 Å². The summed E-state index contributed by atoms with van der Waals surface area (Å²) in [6.45, 7) is 1.65. The molecule has 0 aliphatic carbocycles. The number of anilines is 1. The summed E-state index contributed by atoms with van der Waals surface area (Å²) in [5.41, 5.74) is 0.101. The maximum atomic E-state index is 14.4. The Morgan fingerprint density at radius 1 is 1.10 bits per heavy atom. The number of hydrogen-bond acceptors (Lipinski definition) is 5. The fraction of sp³-hybridized carbons (Fsp3) is 0.0455. The molecule has 1 aromatic heterocycles. The lowest BCUT2D eigenvalue weighted by molar-refractivity contribution is -0.384. The summed E-state index contributed by atoms with van der Waals surface area (Å²) in [6, 6.07) is 15.8. The highest BCUT2D eigenvalue weighted by molar-refractivity contribution is 6.04. The first-order valence-electron chi connectivity index (χ1n) is 9.19. The maximum Gasteiger partial charge on any atom is 0.270 e. The zero-order chi connectivity index (χ0) is 22.1. The van der Waals surface area contributed by atoms with Crippen molar-refractivity contribution in [3.8, 4) is 5.69 Å². The summed E-state index contributed by atoms with van der Waals surface area (Å²) in [4.78, 5) is 40.2. The van der Waals surface area contributed by atoms with Crippen molar-refractivity contribution in [2.24, 2.45) is 0 Å². The van der Waals surface area contributed by atoms with Gasteiger partial charge in [0, 0.05) is 17.7 Å². The minimum absolute atomic E-state index is 0.000257. The summed E-state index contributed by atoms with van der Waals surface area (Å²) >= 11 is 0. The molecule has 31 heavy (non-hydrogen) atoms. The van der Waals surface area contributed by atoms with Gasteiger partial charge in [0.15, 0.2) is 0 Å². The third-order valence-electron chi connectivity index (χ3n) is 4.72. The van der Waals surface area contributed by atoms with Gasteiger partial charge in [-0.15, -0.1) is 0 Å². The highest BCUT2D eigenvalue weighted by Gasteiger charge is 2.16. The Balaban J connectivity index is 1.74. The van der Waals surface area contributed by atoms with E-state index < -0.39 is 16.6 Å². The van der Waals surface area contributed by atoms with Gasteiger partial charge in [0.25, 0.3) is 17.2 Å². The molecule has 1 N–H and O–H groups in total. The molecule has 0 spiro atoms. The molecule has 9 heteroatoms. The van der Waals surface area contributed by atoms with Crippen LogP contribution in [0.4, 0.5) is 15.8 Å². The average Bonchev–Trinajstić information content (AvgIpc) is 2.76. The maximum absolute atomic E-state index is 14.4. The van der Waals surface area contributed by atoms with Crippen LogP contribution in [0.5, 0.6) is 0 Å². The molecule has 3 aromatic carbocycles. The fourth-order valence-electron chi connectivity index (χ4n) is 3.25. The molecule has 0 bridgehead atoms. The Hall–Kier alpha value is -4.40. The van der Waals surface area contributed by atoms with Crippen LogP contribution in [0.1, 0.15) is 16.2 Å². The number of nitrogens with zero attached hydrogens (tertiary/aromatic N) is 3. The second kappa shape index (κ2) is 7.79. The molecule has 1 heterocycles. The lowest BCUT2D eigenvalue weighted by Crippen LogP contribution is -2.22. The van der Waals surface area contributed by atoms with Crippen LogP contribution in [0.3, 0.4) is 0 Å². The van der Waals surface area contributed by atoms with E-state index in [-0.39, 0.29) is 22.5 Å². The Bertz CT molecular complexity index is 1410. The van der Waals surface area contributed by atoms with Crippen LogP contribution >= 0.6 is 0 Å². The Morgan fingerprint density at radius 2 is 1.87 bits per heavy atom. The first-order valence-corrected chi connectivity index (χ1v) is 9.19. The standard InChI is InChI=1S/C22H15FN4O4/c1-13-24-19-8-3-2-7-17(19)22(29)26(13)15-9-10-18(23)20(12-15)25-21(28)14-5-4-6-16(11-14)27(30)31/h2-12H,1H3,(H,25,28). The Labute approximate surface area is 174 Å². The average molecular weight is 418 g/mol. The number of fused-ring (bicyclic) bond motifs is 1. The number of para-hydroxylation sites is 1. The summed E-state index contributed by atoms with van der Waals surface area (Å²) in [5, 5.41) is 13.7. The minimum Gasteiger partial charge on any atom is -0.319 e. The number of halogens is 1. The van der Waals surface area contributed by atoms with Crippen LogP contribution in [0.2, 0.25) is 0 Å². The zero-order valence-corrected chi connectivity index (χ0v) is 16.2. The zero-order valence-electron chi connectivity index (χ0n) is 16.2. The van der Waals surface area contributed by atoms with E-state index in [1.54, 1.807) is 31.2 Å². The monoisotopic (exact) mass is 418 g/mol. The molecule has 0 saturated heterocycles. The van der Waals surface area contributed by atoms with E-state index in [1.807, 2.05) is 0 Å². The van der Waals surface area contributed by atoms with Crippen molar-refractivity contribution >= 4 is 28.2 Å². The van der Waals surface area contributed by atoms with Crippen LogP contribution in [-0.4, -0.2) is 20.4 Å². The van der Waals surface area contributed by atoms with Gasteiger partial charge in [-0.05, 0) is 43.3 Å². The molecule has 0 atom stereocenters. The van der Waals surface area contributed by atoms with Gasteiger partial charge < -0.3 is 5.32 Å². The van der Waals surface area contributed by atoms with Gasteiger partial charge in [-0.1, -0.05) is 18.2 Å². The number of carbonyl (C=O) groups is 1. The number of nitro groups is 1. The number of aryl methyl sites for hydroxylation is 1. The molecular formula is C22H15FN4O4. The van der Waals surface area contributed by atoms with Crippen LogP contribution in [-0.2, 0) is 0 Å². The fourth-order valence-corrected chi connectivity index (χ4v) is 3.25. The summed E-state index contributed by atoms with van der Waals surface area (Å²) in [5.74, 6) is -1.05. The third kappa shape index (κ3) is 3.76. The number of benzene rings is 3. The minimum atomic E-state index is -0.722. The molecular weight excluding hydrogens is 403 g/mol. The van der Waals surface area contributed by atoms with E-state index in [4.69, 9.17) is 0 Å². The molecule has 4 aromatic rings. The molecule has 0 saturated carbocycles. The number of hydrogen-bond donors (Lipinski definition) is 1. The second-order valence-electron chi connectivity index (χ2n) is 6.74. The SMILES string of the molecule is Cc1nc2ccccc2c(=O)n1-c1ccc(F)c(NC(=O)c2cccc([N+](=O)[O-])c2)c1. The highest BCUT2D eigenvalue weighted by atomic mass is 19.1. The number of carbonyl (C=O) groups excluding carboxylic acids is 1. The van der Waals surface area contributed by atoms with E-state index >= 15 is 0 Å². The number of nitrogens with one attached hydrogen (secondary N) is 1. The quantitative estimate of drug-likeness (QED) is 0.398. The second-order valence-corrected chi connectivity index (χ2v) is 6.74. The van der Waals surface area contributed by atoms with Gasteiger partial charge in [-0.3, -0.25) is 24.3 Å². The number of amides is 1. The highest BCUT2D eigenvalue weighted by Crippen LogP contribution is 2.22. The van der Waals surface area contributed by atoms with Crippen molar-refractivity contribution in [3.63, 3.8) is 0 Å². The molecule has 1 amide bonds. The van der Waals surface area contributed by atoms with Crippen molar-refractivity contribution in [2.75, 3.05) is 5.32 Å². The van der Waals surface area contributed by atoms with E-state index in [1.165, 1.54) is 34.9 Å². The molecule has 0 radical (unpaired) electrons. The first kappa shape index (κ1) is 19.9. The number of rotatable bonds is 4. The lowest BCUT2D eigenvalue weighted by atomic mass is 10.1. The van der Waals surface area contributed by atoms with Crippen molar-refractivity contribution < 1.29 is 14.1 Å². The van der Waals surface area contributed by atoms with Gasteiger partial charge in [0.2, 0.25) is 0 Å². The number of aromatic nitrogens is 2. The van der Waals surface area contributed by atoms with Crippen molar-refractivity contribution in [2.45, 2.75) is 6.92 Å². The van der Waals surface area contributed by atoms with Crippen LogP contribution in [0.15, 0.2) is 71.5 Å². The number of nitro benzene ring substituents is 1. The lowest BCUT2D eigenvalue weighted by Gasteiger charge is -2.13. The first-order chi connectivity index (χ1) is 14.8. The third-order valence-corrected chi connectivity index (χ3v) is 4.72. The van der Waals surface area contributed by atoms with Crippen molar-refractivity contribution in [1.82, 2.24) is 9.55 Å². The largest absolute Gasteiger partial charge is 0.319 e. The van der Waals surface area contributed by atoms with Crippen LogP contribution in [0.25, 0.3) is 16.6 Å². The van der Waals surface area contributed by atoms with Gasteiger partial charge >= 0.3 is 0 Å². The number of non-ortho nitro benzene ring substituents is 1. The molecule has 154 valence electrons. The van der Waals surface area contributed by atoms with Crippen LogP contribution in [0, 0.1) is 22.9 Å². The van der Waals surface area contributed by atoms with Gasteiger partial charge in [0.1, 0.15) is 11.6 Å².